The lowest BCUT2D eigenvalue weighted by Gasteiger charge is -1.83. The molecule has 1 rings (SSSR count). The topological polar surface area (TPSA) is 60.0 Å². The van der Waals surface area contributed by atoms with Gasteiger partial charge in [-0.2, -0.15) is 5.10 Å². The Kier molecular flexibility index (Phi) is 2.23. The largest absolute Gasteiger partial charge is 0.422 e. The first-order valence-corrected chi connectivity index (χ1v) is 2.45. The lowest BCUT2D eigenvalue weighted by molar-refractivity contribution is 0.167. The Hall–Kier alpha value is -1.26. The van der Waals surface area contributed by atoms with E-state index in [-0.39, 0.29) is 7.43 Å². The minimum Gasteiger partial charge on any atom is -0.422 e. The van der Waals surface area contributed by atoms with Crippen molar-refractivity contribution in [2.75, 3.05) is 0 Å². The Morgan fingerprint density at radius 2 is 2.10 bits per heavy atom. The summed E-state index contributed by atoms with van der Waals surface area (Å²) in [6.07, 6.45) is 0. The monoisotopic (exact) mass is 145 g/mol. The Morgan fingerprint density at radius 1 is 1.60 bits per heavy atom. The van der Waals surface area contributed by atoms with E-state index in [1.165, 1.54) is 7.05 Å². The maximum atomic E-state index is 10.6. The molecule has 0 amide bonds. The zero-order chi connectivity index (χ0) is 7.02. The van der Waals surface area contributed by atoms with Crippen LogP contribution in [0.4, 0.5) is 0 Å². The van der Waals surface area contributed by atoms with Gasteiger partial charge in [0, 0.05) is 7.05 Å². The highest BCUT2D eigenvalue weighted by atomic mass is 16.5. The van der Waals surface area contributed by atoms with Gasteiger partial charge >= 0.3 is 5.69 Å². The Bertz CT molecular complexity index is 273. The quantitative estimate of drug-likeness (QED) is 0.513. The molecule has 0 aliphatic rings. The van der Waals surface area contributed by atoms with Gasteiger partial charge in [-0.15, -0.1) is 4.73 Å². The molecule has 0 saturated carbocycles. The normalized spacial score (nSPS) is 9.00. The van der Waals surface area contributed by atoms with Gasteiger partial charge in [-0.25, -0.2) is 9.48 Å². The predicted octanol–water partition coefficient (Wildman–Crippen LogP) is -0.236. The molecule has 5 heteroatoms. The van der Waals surface area contributed by atoms with Crippen molar-refractivity contribution in [1.82, 2.24) is 14.5 Å². The average Bonchev–Trinajstić information content (AvgIpc) is 1.98. The molecule has 0 aromatic carbocycles. The molecule has 0 aliphatic heterocycles. The Labute approximate surface area is 58.5 Å². The summed E-state index contributed by atoms with van der Waals surface area (Å²) in [5.41, 5.74) is -0.521. The molecule has 0 radical (unpaired) electrons. The lowest BCUT2D eigenvalue weighted by Crippen LogP contribution is -2.20. The molecule has 1 aromatic heterocycles. The van der Waals surface area contributed by atoms with Crippen molar-refractivity contribution in [1.29, 1.82) is 0 Å². The molecular formula is C5H11N3O2. The number of rotatable bonds is 0. The zero-order valence-electron chi connectivity index (χ0n) is 5.20. The molecule has 58 valence electrons. The van der Waals surface area contributed by atoms with Gasteiger partial charge in [0.25, 0.3) is 0 Å². The first-order chi connectivity index (χ1) is 4.13. The fourth-order valence-corrected chi connectivity index (χ4v) is 0.578. The first-order valence-electron chi connectivity index (χ1n) is 2.45. The van der Waals surface area contributed by atoms with Gasteiger partial charge in [-0.1, -0.05) is 7.43 Å². The van der Waals surface area contributed by atoms with Gasteiger partial charge in [0.15, 0.2) is 5.82 Å². The minimum absolute atomic E-state index is 0. The second-order valence-electron chi connectivity index (χ2n) is 1.77. The third-order valence-corrected chi connectivity index (χ3v) is 1.06. The van der Waals surface area contributed by atoms with E-state index >= 15 is 0 Å². The van der Waals surface area contributed by atoms with Crippen LogP contribution in [0.2, 0.25) is 0 Å². The van der Waals surface area contributed by atoms with Crippen molar-refractivity contribution in [3.05, 3.63) is 16.3 Å². The molecule has 1 aromatic rings. The van der Waals surface area contributed by atoms with Gasteiger partial charge in [-0.05, 0) is 6.92 Å². The van der Waals surface area contributed by atoms with Crippen LogP contribution in [0.25, 0.3) is 0 Å². The lowest BCUT2D eigenvalue weighted by atomic mass is 10.7. The van der Waals surface area contributed by atoms with Crippen molar-refractivity contribution in [2.45, 2.75) is 14.4 Å². The third-order valence-electron chi connectivity index (χ3n) is 1.06. The number of aryl methyl sites for hydroxylation is 2. The molecule has 0 unspecified atom stereocenters. The third kappa shape index (κ3) is 1.02. The maximum absolute atomic E-state index is 10.6. The molecule has 0 bridgehead atoms. The van der Waals surface area contributed by atoms with E-state index in [2.05, 4.69) is 5.10 Å². The van der Waals surface area contributed by atoms with Crippen LogP contribution in [0.5, 0.6) is 0 Å². The molecular weight excluding hydrogens is 134 g/mol. The fourth-order valence-electron chi connectivity index (χ4n) is 0.578. The number of hydrogen-bond donors (Lipinski definition) is 1. The Balaban J connectivity index is 0.000000810. The summed E-state index contributed by atoms with van der Waals surface area (Å²) in [4.78, 5) is 10.6. The number of hydrogen-bond acceptors (Lipinski definition) is 3. The van der Waals surface area contributed by atoms with Gasteiger partial charge in [0.2, 0.25) is 0 Å². The van der Waals surface area contributed by atoms with Crippen LogP contribution in [-0.2, 0) is 7.05 Å². The summed E-state index contributed by atoms with van der Waals surface area (Å²) in [6.45, 7) is 1.54. The van der Waals surface area contributed by atoms with Crippen molar-refractivity contribution in [3.8, 4) is 0 Å². The molecule has 10 heavy (non-hydrogen) atoms. The van der Waals surface area contributed by atoms with Crippen LogP contribution >= 0.6 is 0 Å². The van der Waals surface area contributed by atoms with Gasteiger partial charge in [0.1, 0.15) is 0 Å². The fraction of sp³-hybridized carbons (Fsp3) is 0.600. The first kappa shape index (κ1) is 8.74. The molecule has 5 nitrogen and oxygen atoms in total. The van der Waals surface area contributed by atoms with E-state index < -0.39 is 5.69 Å². The molecule has 1 N–H and O–H groups in total. The zero-order valence-corrected chi connectivity index (χ0v) is 5.20. The summed E-state index contributed by atoms with van der Waals surface area (Å²) in [7, 11) is 1.47. The van der Waals surface area contributed by atoms with E-state index in [0.717, 1.165) is 4.68 Å². The van der Waals surface area contributed by atoms with E-state index in [1.54, 1.807) is 6.92 Å². The summed E-state index contributed by atoms with van der Waals surface area (Å²) >= 11 is 0. The minimum atomic E-state index is -0.521. The van der Waals surface area contributed by atoms with Crippen LogP contribution < -0.4 is 5.69 Å². The maximum Gasteiger partial charge on any atom is 0.378 e. The van der Waals surface area contributed by atoms with E-state index in [9.17, 15) is 4.79 Å². The van der Waals surface area contributed by atoms with Gasteiger partial charge in [-0.3, -0.25) is 0 Å². The van der Waals surface area contributed by atoms with Gasteiger partial charge < -0.3 is 5.21 Å². The van der Waals surface area contributed by atoms with Crippen molar-refractivity contribution >= 4 is 0 Å². The van der Waals surface area contributed by atoms with Crippen LogP contribution in [0.15, 0.2) is 4.79 Å². The second kappa shape index (κ2) is 2.55. The highest BCUT2D eigenvalue weighted by Gasteiger charge is 2.02. The molecule has 0 spiro atoms. The SMILES string of the molecule is C.Cc1nn(C)c(=O)n1O. The van der Waals surface area contributed by atoms with E-state index in [1.807, 2.05) is 0 Å². The van der Waals surface area contributed by atoms with Crippen LogP contribution in [-0.4, -0.2) is 19.7 Å². The molecule has 0 atom stereocenters. The van der Waals surface area contributed by atoms with Crippen molar-refractivity contribution < 1.29 is 5.21 Å². The number of nitrogens with zero attached hydrogens (tertiary/aromatic N) is 3. The summed E-state index contributed by atoms with van der Waals surface area (Å²) in [5, 5.41) is 12.4. The predicted molar refractivity (Wildman–Crippen MR) is 36.1 cm³/mol. The Morgan fingerprint density at radius 3 is 2.20 bits per heavy atom. The van der Waals surface area contributed by atoms with Gasteiger partial charge in [0.05, 0.1) is 0 Å². The van der Waals surface area contributed by atoms with Crippen LogP contribution in [0, 0.1) is 6.92 Å². The second-order valence-corrected chi connectivity index (χ2v) is 1.77. The molecule has 0 fully saturated rings. The van der Waals surface area contributed by atoms with Crippen LogP contribution in [0.1, 0.15) is 13.3 Å². The summed E-state index contributed by atoms with van der Waals surface area (Å²) in [6, 6.07) is 0. The number of aromatic nitrogens is 3. The highest BCUT2D eigenvalue weighted by Crippen LogP contribution is 1.80. The average molecular weight is 145 g/mol. The molecule has 0 saturated heterocycles. The van der Waals surface area contributed by atoms with Crippen molar-refractivity contribution in [3.63, 3.8) is 0 Å². The summed E-state index contributed by atoms with van der Waals surface area (Å²) in [5.74, 6) is 0.294. The molecule has 1 heterocycles. The van der Waals surface area contributed by atoms with E-state index in [0.29, 0.717) is 10.6 Å². The standard InChI is InChI=1S/C4H7N3O2.CH4/c1-3-5-6(2)4(8)7(3)9;/h9H,1-2H3;1H4. The summed E-state index contributed by atoms with van der Waals surface area (Å²) < 4.78 is 1.56. The van der Waals surface area contributed by atoms with Crippen molar-refractivity contribution in [2.24, 2.45) is 7.05 Å². The molecule has 0 aliphatic carbocycles. The van der Waals surface area contributed by atoms with Crippen LogP contribution in [0.3, 0.4) is 0 Å². The van der Waals surface area contributed by atoms with E-state index in [4.69, 9.17) is 5.21 Å². The highest BCUT2D eigenvalue weighted by molar-refractivity contribution is 4.77. The smallest absolute Gasteiger partial charge is 0.378 e.